The van der Waals surface area contributed by atoms with E-state index in [2.05, 4.69) is 31.5 Å². The van der Waals surface area contributed by atoms with Crippen molar-refractivity contribution in [1.82, 2.24) is 0 Å². The molecule has 0 saturated carbocycles. The minimum Gasteiger partial charge on any atom is -0.382 e. The SMILES string of the molecule is CCCCCc1cc[n+](CC(O)c2ccccc2)cc1. The Hall–Kier alpha value is -1.67. The molecular formula is C18H24NO+. The number of unbranched alkanes of at least 4 members (excludes halogenated alkanes) is 2. The van der Waals surface area contributed by atoms with Crippen molar-refractivity contribution in [3.8, 4) is 0 Å². The quantitative estimate of drug-likeness (QED) is 0.605. The largest absolute Gasteiger partial charge is 0.382 e. The molecule has 0 spiro atoms. The molecule has 0 bridgehead atoms. The molecule has 0 aliphatic carbocycles. The molecule has 0 aliphatic rings. The second kappa shape index (κ2) is 7.81. The van der Waals surface area contributed by atoms with E-state index in [0.29, 0.717) is 6.54 Å². The summed E-state index contributed by atoms with van der Waals surface area (Å²) in [4.78, 5) is 0. The van der Waals surface area contributed by atoms with Crippen molar-refractivity contribution in [3.05, 3.63) is 66.0 Å². The van der Waals surface area contributed by atoms with E-state index in [1.165, 1.54) is 24.8 Å². The van der Waals surface area contributed by atoms with Crippen LogP contribution in [-0.4, -0.2) is 5.11 Å². The first-order chi connectivity index (χ1) is 9.79. The molecule has 2 rings (SSSR count). The fraction of sp³-hybridized carbons (Fsp3) is 0.389. The van der Waals surface area contributed by atoms with Gasteiger partial charge in [-0.25, -0.2) is 4.57 Å². The van der Waals surface area contributed by atoms with Crippen molar-refractivity contribution in [3.63, 3.8) is 0 Å². The van der Waals surface area contributed by atoms with E-state index >= 15 is 0 Å². The summed E-state index contributed by atoms with van der Waals surface area (Å²) in [5, 5.41) is 10.2. The molecule has 1 heterocycles. The number of aliphatic hydroxyl groups is 1. The maximum absolute atomic E-state index is 10.2. The van der Waals surface area contributed by atoms with Crippen LogP contribution in [0, 0.1) is 0 Å². The van der Waals surface area contributed by atoms with Crippen LogP contribution in [0.5, 0.6) is 0 Å². The molecule has 1 atom stereocenters. The third-order valence-electron chi connectivity index (χ3n) is 3.60. The molecule has 1 aromatic carbocycles. The van der Waals surface area contributed by atoms with Crippen molar-refractivity contribution in [1.29, 1.82) is 0 Å². The molecule has 2 heteroatoms. The summed E-state index contributed by atoms with van der Waals surface area (Å²) < 4.78 is 2.04. The molecule has 0 fully saturated rings. The summed E-state index contributed by atoms with van der Waals surface area (Å²) in [5.41, 5.74) is 2.34. The standard InChI is InChI=1S/C18H24NO/c1-2-3-5-8-16-11-13-19(14-12-16)15-18(20)17-9-6-4-7-10-17/h4,6-7,9-14,18,20H,2-3,5,8,15H2,1H3/q+1. The number of pyridine rings is 1. The lowest BCUT2D eigenvalue weighted by atomic mass is 10.1. The van der Waals surface area contributed by atoms with E-state index in [1.807, 2.05) is 34.9 Å². The van der Waals surface area contributed by atoms with Gasteiger partial charge in [0.05, 0.1) is 0 Å². The van der Waals surface area contributed by atoms with Crippen LogP contribution in [-0.2, 0) is 13.0 Å². The van der Waals surface area contributed by atoms with Gasteiger partial charge in [0.15, 0.2) is 18.9 Å². The highest BCUT2D eigenvalue weighted by Gasteiger charge is 2.12. The molecule has 0 amide bonds. The van der Waals surface area contributed by atoms with Crippen LogP contribution < -0.4 is 4.57 Å². The summed E-state index contributed by atoms with van der Waals surface area (Å²) >= 11 is 0. The van der Waals surface area contributed by atoms with Crippen LogP contribution in [0.3, 0.4) is 0 Å². The Morgan fingerprint density at radius 2 is 1.70 bits per heavy atom. The number of benzene rings is 1. The zero-order chi connectivity index (χ0) is 14.2. The van der Waals surface area contributed by atoms with Gasteiger partial charge in [-0.05, 0) is 24.0 Å². The summed E-state index contributed by atoms with van der Waals surface area (Å²) in [6.45, 7) is 2.82. The highest BCUT2D eigenvalue weighted by molar-refractivity contribution is 5.16. The molecule has 1 aromatic heterocycles. The molecule has 106 valence electrons. The predicted molar refractivity (Wildman–Crippen MR) is 81.3 cm³/mol. The number of aliphatic hydroxyl groups excluding tert-OH is 1. The average Bonchev–Trinajstić information content (AvgIpc) is 2.50. The minimum absolute atomic E-state index is 0.452. The van der Waals surface area contributed by atoms with E-state index in [4.69, 9.17) is 0 Å². The fourth-order valence-corrected chi connectivity index (χ4v) is 2.34. The number of rotatable bonds is 7. The Kier molecular flexibility index (Phi) is 5.75. The van der Waals surface area contributed by atoms with E-state index in [0.717, 1.165) is 12.0 Å². The minimum atomic E-state index is -0.452. The first kappa shape index (κ1) is 14.7. The number of hydrogen-bond acceptors (Lipinski definition) is 1. The van der Waals surface area contributed by atoms with E-state index in [-0.39, 0.29) is 0 Å². The lowest BCUT2D eigenvalue weighted by Gasteiger charge is -2.07. The van der Waals surface area contributed by atoms with Gasteiger partial charge in [0.2, 0.25) is 0 Å². The Bertz CT molecular complexity index is 493. The number of nitrogens with zero attached hydrogens (tertiary/aromatic N) is 1. The first-order valence-electron chi connectivity index (χ1n) is 7.50. The van der Waals surface area contributed by atoms with Crippen molar-refractivity contribution in [2.45, 2.75) is 45.3 Å². The van der Waals surface area contributed by atoms with Crippen LogP contribution in [0.15, 0.2) is 54.9 Å². The van der Waals surface area contributed by atoms with Crippen LogP contribution in [0.25, 0.3) is 0 Å². The third-order valence-corrected chi connectivity index (χ3v) is 3.60. The zero-order valence-corrected chi connectivity index (χ0v) is 12.2. The lowest BCUT2D eigenvalue weighted by molar-refractivity contribution is -0.704. The molecule has 2 aromatic rings. The summed E-state index contributed by atoms with van der Waals surface area (Å²) in [6.07, 6.45) is 8.63. The van der Waals surface area contributed by atoms with Crippen molar-refractivity contribution in [2.24, 2.45) is 0 Å². The summed E-state index contributed by atoms with van der Waals surface area (Å²) in [7, 11) is 0. The van der Waals surface area contributed by atoms with Crippen molar-refractivity contribution in [2.75, 3.05) is 0 Å². The number of hydrogen-bond donors (Lipinski definition) is 1. The second-order valence-corrected chi connectivity index (χ2v) is 5.29. The van der Waals surface area contributed by atoms with E-state index in [1.54, 1.807) is 0 Å². The van der Waals surface area contributed by atoms with Crippen LogP contribution >= 0.6 is 0 Å². The molecule has 1 N–H and O–H groups in total. The maximum atomic E-state index is 10.2. The van der Waals surface area contributed by atoms with Gasteiger partial charge in [-0.2, -0.15) is 0 Å². The topological polar surface area (TPSA) is 24.1 Å². The highest BCUT2D eigenvalue weighted by atomic mass is 16.3. The fourth-order valence-electron chi connectivity index (χ4n) is 2.34. The smallest absolute Gasteiger partial charge is 0.178 e. The van der Waals surface area contributed by atoms with Crippen LogP contribution in [0.4, 0.5) is 0 Å². The monoisotopic (exact) mass is 270 g/mol. The molecule has 0 radical (unpaired) electrons. The highest BCUT2D eigenvalue weighted by Crippen LogP contribution is 2.12. The average molecular weight is 270 g/mol. The molecule has 1 unspecified atom stereocenters. The molecule has 20 heavy (non-hydrogen) atoms. The normalized spacial score (nSPS) is 12.3. The summed E-state index contributed by atoms with van der Waals surface area (Å²) in [5.74, 6) is 0. The number of aromatic nitrogens is 1. The van der Waals surface area contributed by atoms with Crippen molar-refractivity contribution >= 4 is 0 Å². The van der Waals surface area contributed by atoms with Gasteiger partial charge in [-0.15, -0.1) is 0 Å². The molecular weight excluding hydrogens is 246 g/mol. The van der Waals surface area contributed by atoms with Crippen LogP contribution in [0.2, 0.25) is 0 Å². The molecule has 0 saturated heterocycles. The Morgan fingerprint density at radius 3 is 2.35 bits per heavy atom. The Balaban J connectivity index is 1.90. The van der Waals surface area contributed by atoms with Gasteiger partial charge in [-0.1, -0.05) is 50.1 Å². The summed E-state index contributed by atoms with van der Waals surface area (Å²) in [6, 6.07) is 14.1. The number of aryl methyl sites for hydroxylation is 1. The van der Waals surface area contributed by atoms with E-state index < -0.39 is 6.10 Å². The predicted octanol–water partition coefficient (Wildman–Crippen LogP) is 3.44. The Labute approximate surface area is 121 Å². The zero-order valence-electron chi connectivity index (χ0n) is 12.2. The van der Waals surface area contributed by atoms with Gasteiger partial charge in [0.1, 0.15) is 6.10 Å². The van der Waals surface area contributed by atoms with Gasteiger partial charge in [-0.3, -0.25) is 0 Å². The van der Waals surface area contributed by atoms with E-state index in [9.17, 15) is 5.11 Å². The van der Waals surface area contributed by atoms with Crippen molar-refractivity contribution < 1.29 is 9.67 Å². The Morgan fingerprint density at radius 1 is 1.00 bits per heavy atom. The third kappa shape index (κ3) is 4.46. The van der Waals surface area contributed by atoms with Gasteiger partial charge in [0, 0.05) is 12.1 Å². The van der Waals surface area contributed by atoms with Gasteiger partial charge >= 0.3 is 0 Å². The maximum Gasteiger partial charge on any atom is 0.178 e. The van der Waals surface area contributed by atoms with Gasteiger partial charge < -0.3 is 5.11 Å². The first-order valence-corrected chi connectivity index (χ1v) is 7.50. The van der Waals surface area contributed by atoms with Crippen LogP contribution in [0.1, 0.15) is 43.4 Å². The molecule has 2 nitrogen and oxygen atoms in total. The lowest BCUT2D eigenvalue weighted by Crippen LogP contribution is -2.36. The molecule has 0 aliphatic heterocycles. The second-order valence-electron chi connectivity index (χ2n) is 5.29. The van der Waals surface area contributed by atoms with Gasteiger partial charge in [0.25, 0.3) is 0 Å².